The second-order valence-electron chi connectivity index (χ2n) is 4.59. The van der Waals surface area contributed by atoms with Crippen LogP contribution in [0.3, 0.4) is 0 Å². The van der Waals surface area contributed by atoms with Gasteiger partial charge in [-0.05, 0) is 38.2 Å². The van der Waals surface area contributed by atoms with Gasteiger partial charge in [0.2, 0.25) is 0 Å². The van der Waals surface area contributed by atoms with Gasteiger partial charge in [-0.2, -0.15) is 0 Å². The van der Waals surface area contributed by atoms with Gasteiger partial charge in [0.15, 0.2) is 0 Å². The molecule has 1 heterocycles. The van der Waals surface area contributed by atoms with Crippen molar-refractivity contribution in [3.8, 4) is 0 Å². The van der Waals surface area contributed by atoms with Crippen LogP contribution in [0, 0.1) is 6.92 Å². The van der Waals surface area contributed by atoms with Crippen LogP contribution in [0.5, 0.6) is 0 Å². The van der Waals surface area contributed by atoms with Crippen molar-refractivity contribution in [3.63, 3.8) is 0 Å². The van der Waals surface area contributed by atoms with Crippen LogP contribution >= 0.6 is 15.9 Å². The zero-order valence-corrected chi connectivity index (χ0v) is 11.4. The van der Waals surface area contributed by atoms with Gasteiger partial charge in [0.1, 0.15) is 0 Å². The zero-order chi connectivity index (χ0) is 11.4. The summed E-state index contributed by atoms with van der Waals surface area (Å²) in [5.41, 5.74) is 2.70. The van der Waals surface area contributed by atoms with Gasteiger partial charge in [-0.25, -0.2) is 0 Å². The molecular weight excluding hydrogens is 264 g/mol. The third kappa shape index (κ3) is 3.33. The van der Waals surface area contributed by atoms with Gasteiger partial charge in [0, 0.05) is 11.4 Å². The van der Waals surface area contributed by atoms with Crippen molar-refractivity contribution in [2.75, 3.05) is 6.61 Å². The van der Waals surface area contributed by atoms with E-state index in [1.165, 1.54) is 30.4 Å². The molecule has 0 aromatic heterocycles. The molecule has 1 aliphatic rings. The molecule has 0 saturated carbocycles. The van der Waals surface area contributed by atoms with Crippen LogP contribution in [-0.4, -0.2) is 12.7 Å². The zero-order valence-electron chi connectivity index (χ0n) is 9.79. The van der Waals surface area contributed by atoms with Crippen LogP contribution < -0.4 is 0 Å². The maximum Gasteiger partial charge on any atom is 0.0576 e. The maximum absolute atomic E-state index is 5.64. The summed E-state index contributed by atoms with van der Waals surface area (Å²) in [4.78, 5) is 0.470. The average Bonchev–Trinajstić information content (AvgIpc) is 2.80. The molecule has 0 aliphatic carbocycles. The fraction of sp³-hybridized carbons (Fsp3) is 0.571. The Balaban J connectivity index is 1.82. The summed E-state index contributed by atoms with van der Waals surface area (Å²) in [5.74, 6) is 0. The second kappa shape index (κ2) is 5.83. The minimum absolute atomic E-state index is 0.470. The Morgan fingerprint density at radius 3 is 2.75 bits per heavy atom. The Labute approximate surface area is 106 Å². The van der Waals surface area contributed by atoms with Gasteiger partial charge < -0.3 is 4.74 Å². The summed E-state index contributed by atoms with van der Waals surface area (Å²) in [5, 5.41) is 0. The van der Waals surface area contributed by atoms with E-state index in [0.29, 0.717) is 10.9 Å². The van der Waals surface area contributed by atoms with Crippen molar-refractivity contribution in [1.82, 2.24) is 0 Å². The molecule has 1 fully saturated rings. The van der Waals surface area contributed by atoms with E-state index in [2.05, 4.69) is 47.1 Å². The first-order chi connectivity index (χ1) is 7.75. The van der Waals surface area contributed by atoms with E-state index >= 15 is 0 Å². The van der Waals surface area contributed by atoms with E-state index in [1.807, 2.05) is 0 Å². The van der Waals surface area contributed by atoms with Gasteiger partial charge in [-0.3, -0.25) is 0 Å². The van der Waals surface area contributed by atoms with Crippen LogP contribution in [0.15, 0.2) is 24.3 Å². The average molecular weight is 283 g/mol. The minimum atomic E-state index is 0.470. The predicted octanol–water partition coefficient (Wildman–Crippen LogP) is 4.39. The second-order valence-corrected chi connectivity index (χ2v) is 5.70. The third-order valence-electron chi connectivity index (χ3n) is 3.21. The molecule has 1 aromatic carbocycles. The first kappa shape index (κ1) is 12.1. The number of rotatable bonds is 4. The Hall–Kier alpha value is -0.340. The van der Waals surface area contributed by atoms with E-state index in [4.69, 9.17) is 4.74 Å². The number of alkyl halides is 1. The van der Waals surface area contributed by atoms with Crippen LogP contribution in [0.2, 0.25) is 0 Å². The Kier molecular flexibility index (Phi) is 4.42. The molecule has 1 saturated heterocycles. The Morgan fingerprint density at radius 2 is 2.12 bits per heavy atom. The molecule has 2 atom stereocenters. The summed E-state index contributed by atoms with van der Waals surface area (Å²) in [7, 11) is 0. The molecule has 2 heteroatoms. The first-order valence-corrected chi connectivity index (χ1v) is 6.99. The molecule has 1 aromatic rings. The lowest BCUT2D eigenvalue weighted by molar-refractivity contribution is 0.102. The quantitative estimate of drug-likeness (QED) is 0.745. The smallest absolute Gasteiger partial charge is 0.0576 e. The lowest BCUT2D eigenvalue weighted by Gasteiger charge is -2.13. The van der Waals surface area contributed by atoms with Crippen LogP contribution in [0.1, 0.15) is 41.6 Å². The maximum atomic E-state index is 5.64. The Morgan fingerprint density at radius 1 is 1.38 bits per heavy atom. The van der Waals surface area contributed by atoms with Gasteiger partial charge >= 0.3 is 0 Å². The standard InChI is InChI=1S/C14H19BrO/c1-11-4-6-12(7-5-11)14(15)9-8-13-3-2-10-16-13/h4-7,13-14H,2-3,8-10H2,1H3. The normalized spacial score (nSPS) is 22.2. The highest BCUT2D eigenvalue weighted by Gasteiger charge is 2.17. The van der Waals surface area contributed by atoms with Gasteiger partial charge in [-0.1, -0.05) is 45.8 Å². The van der Waals surface area contributed by atoms with Crippen LogP contribution in [0.25, 0.3) is 0 Å². The summed E-state index contributed by atoms with van der Waals surface area (Å²) < 4.78 is 5.64. The topological polar surface area (TPSA) is 9.23 Å². The van der Waals surface area contributed by atoms with Crippen molar-refractivity contribution in [2.24, 2.45) is 0 Å². The summed E-state index contributed by atoms with van der Waals surface area (Å²) in [6.45, 7) is 3.08. The molecule has 16 heavy (non-hydrogen) atoms. The lowest BCUT2D eigenvalue weighted by Crippen LogP contribution is -2.05. The van der Waals surface area contributed by atoms with E-state index in [1.54, 1.807) is 0 Å². The van der Waals surface area contributed by atoms with E-state index in [0.717, 1.165) is 13.0 Å². The van der Waals surface area contributed by atoms with E-state index in [-0.39, 0.29) is 0 Å². The van der Waals surface area contributed by atoms with Gasteiger partial charge in [0.05, 0.1) is 6.10 Å². The molecular formula is C14H19BrO. The molecule has 0 N–H and O–H groups in total. The molecule has 2 unspecified atom stereocenters. The van der Waals surface area contributed by atoms with Gasteiger partial charge in [0.25, 0.3) is 0 Å². The predicted molar refractivity (Wildman–Crippen MR) is 71.1 cm³/mol. The molecule has 0 radical (unpaired) electrons. The molecule has 2 rings (SSSR count). The number of hydrogen-bond acceptors (Lipinski definition) is 1. The van der Waals surface area contributed by atoms with E-state index in [9.17, 15) is 0 Å². The van der Waals surface area contributed by atoms with Gasteiger partial charge in [-0.15, -0.1) is 0 Å². The van der Waals surface area contributed by atoms with Crippen molar-refractivity contribution >= 4 is 15.9 Å². The summed E-state index contributed by atoms with van der Waals surface area (Å²) in [6.07, 6.45) is 5.32. The fourth-order valence-corrected chi connectivity index (χ4v) is 2.72. The number of hydrogen-bond donors (Lipinski definition) is 0. The molecule has 0 spiro atoms. The lowest BCUT2D eigenvalue weighted by atomic mass is 10.0. The first-order valence-electron chi connectivity index (χ1n) is 6.08. The van der Waals surface area contributed by atoms with Crippen molar-refractivity contribution in [1.29, 1.82) is 0 Å². The molecule has 1 nitrogen and oxygen atoms in total. The van der Waals surface area contributed by atoms with Crippen molar-refractivity contribution < 1.29 is 4.74 Å². The highest BCUT2D eigenvalue weighted by atomic mass is 79.9. The molecule has 0 amide bonds. The largest absolute Gasteiger partial charge is 0.378 e. The monoisotopic (exact) mass is 282 g/mol. The number of benzene rings is 1. The van der Waals surface area contributed by atoms with Crippen molar-refractivity contribution in [2.45, 2.75) is 43.5 Å². The minimum Gasteiger partial charge on any atom is -0.378 e. The number of aryl methyl sites for hydroxylation is 1. The highest BCUT2D eigenvalue weighted by molar-refractivity contribution is 9.09. The van der Waals surface area contributed by atoms with E-state index < -0.39 is 0 Å². The van der Waals surface area contributed by atoms with Crippen LogP contribution in [-0.2, 0) is 4.74 Å². The summed E-state index contributed by atoms with van der Waals surface area (Å²) in [6, 6.07) is 8.78. The molecule has 1 aliphatic heterocycles. The highest BCUT2D eigenvalue weighted by Crippen LogP contribution is 2.30. The fourth-order valence-electron chi connectivity index (χ4n) is 2.15. The summed E-state index contributed by atoms with van der Waals surface area (Å²) >= 11 is 3.76. The third-order valence-corrected chi connectivity index (χ3v) is 4.19. The SMILES string of the molecule is Cc1ccc(C(Br)CCC2CCCO2)cc1. The number of halogens is 1. The van der Waals surface area contributed by atoms with Crippen LogP contribution in [0.4, 0.5) is 0 Å². The molecule has 88 valence electrons. The Bertz CT molecular complexity index is 314. The molecule has 0 bridgehead atoms. The number of ether oxygens (including phenoxy) is 1. The van der Waals surface area contributed by atoms with Crippen molar-refractivity contribution in [3.05, 3.63) is 35.4 Å².